The van der Waals surface area contributed by atoms with Gasteiger partial charge in [-0.15, -0.1) is 11.3 Å². The predicted octanol–water partition coefficient (Wildman–Crippen LogP) is 0.896. The smallest absolute Gasteiger partial charge is 0.314 e. The molecular weight excluding hydrogens is 200 g/mol. The van der Waals surface area contributed by atoms with Crippen molar-refractivity contribution in [3.63, 3.8) is 0 Å². The van der Waals surface area contributed by atoms with E-state index < -0.39 is 5.69 Å². The molecule has 0 radical (unpaired) electrons. The number of nitrogens with zero attached hydrogens (tertiary/aromatic N) is 1. The Morgan fingerprint density at radius 1 is 1.43 bits per heavy atom. The van der Waals surface area contributed by atoms with Crippen molar-refractivity contribution in [3.05, 3.63) is 50.1 Å². The van der Waals surface area contributed by atoms with Crippen LogP contribution in [0, 0.1) is 6.92 Å². The Morgan fingerprint density at radius 2 is 2.21 bits per heavy atom. The third kappa shape index (κ3) is 1.42. The van der Waals surface area contributed by atoms with Crippen molar-refractivity contribution in [2.45, 2.75) is 6.92 Å². The number of rotatable bonds is 1. The lowest BCUT2D eigenvalue weighted by atomic mass is 10.4. The molecule has 5 heteroatoms. The van der Waals surface area contributed by atoms with Gasteiger partial charge in [0.25, 0.3) is 5.56 Å². The maximum atomic E-state index is 11.4. The fraction of sp³-hybridized carbons (Fsp3) is 0.111. The van der Waals surface area contributed by atoms with E-state index in [1.165, 1.54) is 23.6 Å². The Labute approximate surface area is 83.5 Å². The van der Waals surface area contributed by atoms with Crippen LogP contribution in [0.2, 0.25) is 0 Å². The molecule has 1 N–H and O–H groups in total. The van der Waals surface area contributed by atoms with Crippen molar-refractivity contribution in [1.29, 1.82) is 0 Å². The van der Waals surface area contributed by atoms with Gasteiger partial charge < -0.3 is 4.98 Å². The monoisotopic (exact) mass is 208 g/mol. The maximum Gasteiger partial charge on any atom is 0.333 e. The van der Waals surface area contributed by atoms with Crippen LogP contribution in [0.15, 0.2) is 33.3 Å². The molecule has 2 aromatic rings. The molecule has 72 valence electrons. The van der Waals surface area contributed by atoms with E-state index in [-0.39, 0.29) is 5.56 Å². The second-order valence-corrected chi connectivity index (χ2v) is 3.81. The highest BCUT2D eigenvalue weighted by Gasteiger charge is 2.04. The molecule has 0 spiro atoms. The van der Waals surface area contributed by atoms with Crippen LogP contribution >= 0.6 is 11.3 Å². The summed E-state index contributed by atoms with van der Waals surface area (Å²) in [5.41, 5.74) is 0.329. The summed E-state index contributed by atoms with van der Waals surface area (Å²) in [4.78, 5) is 25.2. The predicted molar refractivity (Wildman–Crippen MR) is 55.3 cm³/mol. The van der Waals surface area contributed by atoms with Crippen molar-refractivity contribution in [3.8, 4) is 5.00 Å². The Bertz CT molecular complexity index is 536. The van der Waals surface area contributed by atoms with Crippen LogP contribution in [0.4, 0.5) is 0 Å². The molecule has 0 aromatic carbocycles. The molecule has 0 amide bonds. The number of thiophene rings is 1. The number of aryl methyl sites for hydroxylation is 1. The minimum Gasteiger partial charge on any atom is -0.314 e. The summed E-state index contributed by atoms with van der Waals surface area (Å²) in [6.07, 6.45) is 1.35. The second-order valence-electron chi connectivity index (χ2n) is 2.92. The number of aromatic amines is 1. The first-order valence-corrected chi connectivity index (χ1v) is 4.93. The molecule has 0 fully saturated rings. The van der Waals surface area contributed by atoms with Crippen molar-refractivity contribution < 1.29 is 0 Å². The molecule has 0 saturated carbocycles. The van der Waals surface area contributed by atoms with Crippen molar-refractivity contribution in [1.82, 2.24) is 9.55 Å². The largest absolute Gasteiger partial charge is 0.333 e. The Hall–Kier alpha value is -1.62. The number of H-pyrrole nitrogens is 1. The van der Waals surface area contributed by atoms with Gasteiger partial charge in [-0.1, -0.05) is 0 Å². The lowest BCUT2D eigenvalue weighted by Crippen LogP contribution is -2.31. The van der Waals surface area contributed by atoms with Crippen LogP contribution in [0.5, 0.6) is 0 Å². The average molecular weight is 208 g/mol. The highest BCUT2D eigenvalue weighted by molar-refractivity contribution is 7.12. The van der Waals surface area contributed by atoms with Gasteiger partial charge in [0, 0.05) is 12.3 Å². The summed E-state index contributed by atoms with van der Waals surface area (Å²) in [6.45, 7) is 1.92. The normalized spacial score (nSPS) is 10.4. The average Bonchev–Trinajstić information content (AvgIpc) is 2.51. The highest BCUT2D eigenvalue weighted by Crippen LogP contribution is 2.14. The van der Waals surface area contributed by atoms with E-state index in [1.54, 1.807) is 6.07 Å². The Kier molecular flexibility index (Phi) is 2.09. The molecule has 0 bridgehead atoms. The van der Waals surface area contributed by atoms with Crippen LogP contribution < -0.4 is 11.2 Å². The van der Waals surface area contributed by atoms with E-state index in [1.807, 2.05) is 12.3 Å². The lowest BCUT2D eigenvalue weighted by Gasteiger charge is -1.97. The van der Waals surface area contributed by atoms with Crippen LogP contribution in [-0.2, 0) is 0 Å². The lowest BCUT2D eigenvalue weighted by molar-refractivity contribution is 0.889. The molecule has 4 nitrogen and oxygen atoms in total. The summed E-state index contributed by atoms with van der Waals surface area (Å²) in [6, 6.07) is 3.14. The second kappa shape index (κ2) is 3.26. The molecule has 2 aromatic heterocycles. The van der Waals surface area contributed by atoms with Crippen LogP contribution in [0.3, 0.4) is 0 Å². The van der Waals surface area contributed by atoms with Gasteiger partial charge in [0.05, 0.1) is 0 Å². The summed E-state index contributed by atoms with van der Waals surface area (Å²) >= 11 is 1.37. The molecule has 0 saturated heterocycles. The van der Waals surface area contributed by atoms with E-state index in [0.29, 0.717) is 5.00 Å². The zero-order valence-corrected chi connectivity index (χ0v) is 8.30. The van der Waals surface area contributed by atoms with Crippen molar-refractivity contribution in [2.24, 2.45) is 0 Å². The molecule has 0 aliphatic carbocycles. The first-order chi connectivity index (χ1) is 6.68. The zero-order chi connectivity index (χ0) is 10.1. The van der Waals surface area contributed by atoms with E-state index in [9.17, 15) is 9.59 Å². The highest BCUT2D eigenvalue weighted by atomic mass is 32.1. The third-order valence-corrected chi connectivity index (χ3v) is 2.82. The quantitative estimate of drug-likeness (QED) is 0.756. The van der Waals surface area contributed by atoms with Crippen LogP contribution in [-0.4, -0.2) is 9.55 Å². The molecule has 0 aliphatic rings. The molecule has 14 heavy (non-hydrogen) atoms. The number of nitrogens with one attached hydrogen (secondary N) is 1. The summed E-state index contributed by atoms with van der Waals surface area (Å²) in [5.74, 6) is 0. The topological polar surface area (TPSA) is 54.9 Å². The Morgan fingerprint density at radius 3 is 2.79 bits per heavy atom. The van der Waals surface area contributed by atoms with Gasteiger partial charge in [-0.05, 0) is 23.9 Å². The van der Waals surface area contributed by atoms with Gasteiger partial charge in [0.1, 0.15) is 5.00 Å². The van der Waals surface area contributed by atoms with Crippen LogP contribution in [0.1, 0.15) is 5.56 Å². The minimum absolute atomic E-state index is 0.310. The Balaban J connectivity index is 2.74. The fourth-order valence-corrected chi connectivity index (χ4v) is 2.07. The van der Waals surface area contributed by atoms with Gasteiger partial charge in [-0.3, -0.25) is 4.79 Å². The molecule has 0 unspecified atom stereocenters. The molecule has 2 rings (SSSR count). The fourth-order valence-electron chi connectivity index (χ4n) is 1.17. The van der Waals surface area contributed by atoms with Gasteiger partial charge in [-0.2, -0.15) is 0 Å². The van der Waals surface area contributed by atoms with E-state index >= 15 is 0 Å². The minimum atomic E-state index is -0.403. The van der Waals surface area contributed by atoms with E-state index in [0.717, 1.165) is 10.1 Å². The third-order valence-electron chi connectivity index (χ3n) is 1.79. The number of hydrogen-bond donors (Lipinski definition) is 1. The zero-order valence-electron chi connectivity index (χ0n) is 7.48. The maximum absolute atomic E-state index is 11.4. The molecular formula is C9H8N2O2S. The number of aromatic nitrogens is 2. The molecule has 0 aliphatic heterocycles. The molecule has 2 heterocycles. The SMILES string of the molecule is Cc1csc(-n2c(=O)cc[nH]c2=O)c1. The van der Waals surface area contributed by atoms with Crippen LogP contribution in [0.25, 0.3) is 5.00 Å². The first-order valence-electron chi connectivity index (χ1n) is 4.05. The van der Waals surface area contributed by atoms with E-state index in [2.05, 4.69) is 4.98 Å². The standard InChI is InChI=1S/C9H8N2O2S/c1-6-4-8(14-5-6)11-7(12)2-3-10-9(11)13/h2-5H,1H3,(H,10,13). The van der Waals surface area contributed by atoms with Gasteiger partial charge in [0.2, 0.25) is 0 Å². The van der Waals surface area contributed by atoms with E-state index in [4.69, 9.17) is 0 Å². The molecule has 0 atom stereocenters. The first kappa shape index (κ1) is 8.96. The van der Waals surface area contributed by atoms with Gasteiger partial charge in [0.15, 0.2) is 0 Å². The number of hydrogen-bond acceptors (Lipinski definition) is 3. The van der Waals surface area contributed by atoms with Gasteiger partial charge >= 0.3 is 5.69 Å². The van der Waals surface area contributed by atoms with Gasteiger partial charge in [-0.25, -0.2) is 9.36 Å². The summed E-state index contributed by atoms with van der Waals surface area (Å²) < 4.78 is 1.12. The summed E-state index contributed by atoms with van der Waals surface area (Å²) in [5, 5.41) is 2.54. The van der Waals surface area contributed by atoms with Crippen molar-refractivity contribution >= 4 is 11.3 Å². The summed E-state index contributed by atoms with van der Waals surface area (Å²) in [7, 11) is 0. The van der Waals surface area contributed by atoms with Crippen molar-refractivity contribution in [2.75, 3.05) is 0 Å².